The molecule has 4 rings (SSSR count). The molecule has 0 radical (unpaired) electrons. The number of hydrogen-bond donors (Lipinski definition) is 0. The molecule has 1 saturated heterocycles. The molecule has 0 aromatic heterocycles. The average molecular weight is 374 g/mol. The van der Waals surface area contributed by atoms with Crippen LogP contribution in [0.5, 0.6) is 0 Å². The van der Waals surface area contributed by atoms with E-state index in [9.17, 15) is 10.1 Å². The molecule has 1 amide bonds. The summed E-state index contributed by atoms with van der Waals surface area (Å²) in [4.78, 5) is 17.1. The van der Waals surface area contributed by atoms with Crippen LogP contribution in [-0.4, -0.2) is 31.4 Å². The first kappa shape index (κ1) is 18.7. The molecule has 2 aliphatic rings. The Morgan fingerprint density at radius 3 is 2.25 bits per heavy atom. The molecule has 1 spiro atoms. The van der Waals surface area contributed by atoms with Crippen LogP contribution in [0, 0.1) is 16.7 Å². The minimum absolute atomic E-state index is 0.0218. The van der Waals surface area contributed by atoms with E-state index in [0.29, 0.717) is 12.0 Å². The third kappa shape index (κ3) is 3.00. The molecule has 1 aliphatic heterocycles. The van der Waals surface area contributed by atoms with Crippen molar-refractivity contribution in [2.75, 3.05) is 25.5 Å². The molecular formula is C24H27N3O. The van der Waals surface area contributed by atoms with Gasteiger partial charge in [0.05, 0.1) is 11.3 Å². The molecule has 1 heterocycles. The van der Waals surface area contributed by atoms with Gasteiger partial charge in [0.1, 0.15) is 6.07 Å². The SMILES string of the molecule is CN(C)C1(c2ccccc2)CCC2(CC1)CC(=O)N(c1ccccc1C#N)C2. The molecule has 1 aliphatic carbocycles. The minimum atomic E-state index is 0.0218. The van der Waals surface area contributed by atoms with Crippen molar-refractivity contribution in [3.63, 3.8) is 0 Å². The van der Waals surface area contributed by atoms with Gasteiger partial charge in [0, 0.05) is 18.5 Å². The Kier molecular flexibility index (Phi) is 4.72. The quantitative estimate of drug-likeness (QED) is 0.805. The summed E-state index contributed by atoms with van der Waals surface area (Å²) in [6.07, 6.45) is 4.73. The lowest BCUT2D eigenvalue weighted by Gasteiger charge is -2.48. The number of para-hydroxylation sites is 1. The standard InChI is InChI=1S/C24H27N3O/c1-26(2)24(20-9-4-3-5-10-20)14-12-23(13-15-24)16-22(28)27(18-23)21-11-7-6-8-19(21)17-25/h3-11H,12-16,18H2,1-2H3. The van der Waals surface area contributed by atoms with Crippen molar-refractivity contribution in [1.29, 1.82) is 5.26 Å². The number of nitriles is 1. The number of rotatable bonds is 3. The van der Waals surface area contributed by atoms with Gasteiger partial charge in [-0.3, -0.25) is 9.69 Å². The Labute approximate surface area is 167 Å². The number of anilines is 1. The number of amides is 1. The average Bonchev–Trinajstić information content (AvgIpc) is 3.05. The van der Waals surface area contributed by atoms with E-state index in [0.717, 1.165) is 37.9 Å². The van der Waals surface area contributed by atoms with Crippen LogP contribution in [0.2, 0.25) is 0 Å². The molecule has 4 heteroatoms. The van der Waals surface area contributed by atoms with Crippen LogP contribution in [-0.2, 0) is 10.3 Å². The van der Waals surface area contributed by atoms with E-state index in [4.69, 9.17) is 0 Å². The molecule has 2 aromatic carbocycles. The molecule has 1 saturated carbocycles. The zero-order valence-corrected chi connectivity index (χ0v) is 16.7. The summed E-state index contributed by atoms with van der Waals surface area (Å²) in [5.41, 5.74) is 2.77. The molecule has 4 nitrogen and oxygen atoms in total. The van der Waals surface area contributed by atoms with Gasteiger partial charge in [0.2, 0.25) is 5.91 Å². The van der Waals surface area contributed by atoms with Gasteiger partial charge in [-0.2, -0.15) is 5.26 Å². The number of carbonyl (C=O) groups is 1. The number of benzene rings is 2. The lowest BCUT2D eigenvalue weighted by atomic mass is 9.64. The van der Waals surface area contributed by atoms with Crippen LogP contribution in [0.1, 0.15) is 43.2 Å². The zero-order chi connectivity index (χ0) is 19.8. The first-order valence-electron chi connectivity index (χ1n) is 10.0. The topological polar surface area (TPSA) is 47.3 Å². The molecule has 2 fully saturated rings. The highest BCUT2D eigenvalue weighted by Gasteiger charge is 2.50. The fourth-order valence-electron chi connectivity index (χ4n) is 5.19. The van der Waals surface area contributed by atoms with E-state index in [2.05, 4.69) is 55.4 Å². The van der Waals surface area contributed by atoms with Crippen LogP contribution in [0.3, 0.4) is 0 Å². The normalized spacial score (nSPS) is 27.4. The van der Waals surface area contributed by atoms with Gasteiger partial charge in [-0.1, -0.05) is 42.5 Å². The molecular weight excluding hydrogens is 346 g/mol. The van der Waals surface area contributed by atoms with Crippen molar-refractivity contribution in [2.45, 2.75) is 37.6 Å². The summed E-state index contributed by atoms with van der Waals surface area (Å²) < 4.78 is 0. The zero-order valence-electron chi connectivity index (χ0n) is 16.7. The first-order valence-corrected chi connectivity index (χ1v) is 10.0. The molecule has 2 aromatic rings. The third-order valence-electron chi connectivity index (χ3n) is 6.94. The van der Waals surface area contributed by atoms with Crippen molar-refractivity contribution >= 4 is 11.6 Å². The Morgan fingerprint density at radius 2 is 1.61 bits per heavy atom. The Hall–Kier alpha value is -2.64. The fraction of sp³-hybridized carbons (Fsp3) is 0.417. The van der Waals surface area contributed by atoms with Gasteiger partial charge < -0.3 is 4.90 Å². The third-order valence-corrected chi connectivity index (χ3v) is 6.94. The van der Waals surface area contributed by atoms with E-state index < -0.39 is 0 Å². The summed E-state index contributed by atoms with van der Waals surface area (Å²) in [6.45, 7) is 0.725. The highest BCUT2D eigenvalue weighted by atomic mass is 16.2. The van der Waals surface area contributed by atoms with Crippen molar-refractivity contribution in [1.82, 2.24) is 4.90 Å². The van der Waals surface area contributed by atoms with Gasteiger partial charge in [0.25, 0.3) is 0 Å². The van der Waals surface area contributed by atoms with Crippen molar-refractivity contribution in [3.05, 3.63) is 65.7 Å². The number of carbonyl (C=O) groups excluding carboxylic acids is 1. The van der Waals surface area contributed by atoms with Gasteiger partial charge in [-0.05, 0) is 62.9 Å². The molecule has 28 heavy (non-hydrogen) atoms. The van der Waals surface area contributed by atoms with E-state index >= 15 is 0 Å². The highest BCUT2D eigenvalue weighted by molar-refractivity contribution is 5.97. The van der Waals surface area contributed by atoms with Gasteiger partial charge in [-0.15, -0.1) is 0 Å². The second-order valence-electron chi connectivity index (χ2n) is 8.58. The molecule has 0 N–H and O–H groups in total. The van der Waals surface area contributed by atoms with Crippen LogP contribution in [0.25, 0.3) is 0 Å². The maximum Gasteiger partial charge on any atom is 0.227 e. The maximum absolute atomic E-state index is 12.9. The van der Waals surface area contributed by atoms with Crippen molar-refractivity contribution in [2.24, 2.45) is 5.41 Å². The van der Waals surface area contributed by atoms with E-state index in [1.54, 1.807) is 6.07 Å². The minimum Gasteiger partial charge on any atom is -0.311 e. The summed E-state index contributed by atoms with van der Waals surface area (Å²) >= 11 is 0. The second kappa shape index (κ2) is 7.07. The van der Waals surface area contributed by atoms with Crippen molar-refractivity contribution in [3.8, 4) is 6.07 Å². The molecule has 0 unspecified atom stereocenters. The number of hydrogen-bond acceptors (Lipinski definition) is 3. The summed E-state index contributed by atoms with van der Waals surface area (Å²) in [5, 5.41) is 9.43. The Bertz CT molecular complexity index is 905. The largest absolute Gasteiger partial charge is 0.311 e. The smallest absolute Gasteiger partial charge is 0.227 e. The van der Waals surface area contributed by atoms with Crippen LogP contribution < -0.4 is 4.90 Å². The highest BCUT2D eigenvalue weighted by Crippen LogP contribution is 2.52. The van der Waals surface area contributed by atoms with E-state index in [1.165, 1.54) is 5.56 Å². The number of nitrogens with zero attached hydrogens (tertiary/aromatic N) is 3. The lowest BCUT2D eigenvalue weighted by molar-refractivity contribution is -0.118. The van der Waals surface area contributed by atoms with Crippen LogP contribution >= 0.6 is 0 Å². The van der Waals surface area contributed by atoms with Crippen LogP contribution in [0.15, 0.2) is 54.6 Å². The Morgan fingerprint density at radius 1 is 0.964 bits per heavy atom. The summed E-state index contributed by atoms with van der Waals surface area (Å²) in [5.74, 6) is 0.153. The second-order valence-corrected chi connectivity index (χ2v) is 8.58. The van der Waals surface area contributed by atoms with Gasteiger partial charge in [0.15, 0.2) is 0 Å². The van der Waals surface area contributed by atoms with Gasteiger partial charge in [-0.25, -0.2) is 0 Å². The monoisotopic (exact) mass is 373 g/mol. The Balaban J connectivity index is 1.58. The molecule has 0 atom stereocenters. The molecule has 144 valence electrons. The van der Waals surface area contributed by atoms with E-state index in [-0.39, 0.29) is 16.9 Å². The lowest BCUT2D eigenvalue weighted by Crippen LogP contribution is -2.47. The summed E-state index contributed by atoms with van der Waals surface area (Å²) in [7, 11) is 4.33. The predicted molar refractivity (Wildman–Crippen MR) is 111 cm³/mol. The summed E-state index contributed by atoms with van der Waals surface area (Å²) in [6, 6.07) is 20.4. The van der Waals surface area contributed by atoms with E-state index in [1.807, 2.05) is 23.1 Å². The maximum atomic E-state index is 12.9. The fourth-order valence-corrected chi connectivity index (χ4v) is 5.19. The predicted octanol–water partition coefficient (Wildman–Crippen LogP) is 4.31. The van der Waals surface area contributed by atoms with Crippen LogP contribution in [0.4, 0.5) is 5.69 Å². The van der Waals surface area contributed by atoms with Crippen molar-refractivity contribution < 1.29 is 4.79 Å². The van der Waals surface area contributed by atoms with Gasteiger partial charge >= 0.3 is 0 Å². The first-order chi connectivity index (χ1) is 13.5. The molecule has 0 bridgehead atoms.